The van der Waals surface area contributed by atoms with Crippen LogP contribution in [0.3, 0.4) is 0 Å². The Morgan fingerprint density at radius 3 is 2.30 bits per heavy atom. The quantitative estimate of drug-likeness (QED) is 0.555. The minimum atomic E-state index is -0.699. The smallest absolute Gasteiger partial charge is 0.0836 e. The van der Waals surface area contributed by atoms with Crippen LogP contribution in [0.5, 0.6) is 0 Å². The standard InChI is InChI=1S/C8H14O2/c1-3-5-7(4-2)8(10)6-9/h3-4,7-10H,1-2,5-6H2. The van der Waals surface area contributed by atoms with Crippen LogP contribution in [-0.2, 0) is 0 Å². The molecule has 2 atom stereocenters. The summed E-state index contributed by atoms with van der Waals surface area (Å²) in [5.74, 6) is -0.0671. The predicted octanol–water partition coefficient (Wildman–Crippen LogP) is 0.718. The van der Waals surface area contributed by atoms with Gasteiger partial charge in [0.25, 0.3) is 0 Å². The molecule has 0 aliphatic carbocycles. The Hall–Kier alpha value is -0.600. The van der Waals surface area contributed by atoms with Gasteiger partial charge in [0, 0.05) is 5.92 Å². The third kappa shape index (κ3) is 2.80. The third-order valence-electron chi connectivity index (χ3n) is 1.42. The number of allylic oxidation sites excluding steroid dienone is 1. The molecule has 0 saturated heterocycles. The summed E-state index contributed by atoms with van der Waals surface area (Å²) in [5.41, 5.74) is 0. The van der Waals surface area contributed by atoms with Crippen molar-refractivity contribution >= 4 is 0 Å². The molecule has 58 valence electrons. The van der Waals surface area contributed by atoms with E-state index in [1.54, 1.807) is 12.2 Å². The molecule has 2 heteroatoms. The van der Waals surface area contributed by atoms with Gasteiger partial charge in [-0.15, -0.1) is 13.2 Å². The highest BCUT2D eigenvalue weighted by Crippen LogP contribution is 2.09. The fourth-order valence-corrected chi connectivity index (χ4v) is 0.738. The molecule has 0 aromatic heterocycles. The molecule has 0 aromatic carbocycles. The SMILES string of the molecule is C=CCC(C=C)C(O)CO. The average molecular weight is 142 g/mol. The number of hydrogen-bond acceptors (Lipinski definition) is 2. The first-order valence-electron chi connectivity index (χ1n) is 3.28. The van der Waals surface area contributed by atoms with Crippen molar-refractivity contribution in [2.24, 2.45) is 5.92 Å². The van der Waals surface area contributed by atoms with Gasteiger partial charge in [-0.2, -0.15) is 0 Å². The van der Waals surface area contributed by atoms with Crippen molar-refractivity contribution in [3.8, 4) is 0 Å². The van der Waals surface area contributed by atoms with Gasteiger partial charge in [0.2, 0.25) is 0 Å². The molecular formula is C8H14O2. The Morgan fingerprint density at radius 1 is 1.40 bits per heavy atom. The normalized spacial score (nSPS) is 15.8. The molecule has 0 fully saturated rings. The lowest BCUT2D eigenvalue weighted by Gasteiger charge is -2.14. The Kier molecular flexibility index (Phi) is 4.89. The third-order valence-corrected chi connectivity index (χ3v) is 1.42. The summed E-state index contributed by atoms with van der Waals surface area (Å²) in [5, 5.41) is 17.6. The van der Waals surface area contributed by atoms with Crippen LogP contribution in [0.2, 0.25) is 0 Å². The van der Waals surface area contributed by atoms with E-state index in [-0.39, 0.29) is 12.5 Å². The van der Waals surface area contributed by atoms with E-state index >= 15 is 0 Å². The lowest BCUT2D eigenvalue weighted by molar-refractivity contribution is 0.0639. The zero-order chi connectivity index (χ0) is 7.98. The molecule has 0 radical (unpaired) electrons. The Labute approximate surface area is 61.5 Å². The summed E-state index contributed by atoms with van der Waals surface area (Å²) in [6.07, 6.45) is 3.29. The van der Waals surface area contributed by atoms with Gasteiger partial charge in [-0.25, -0.2) is 0 Å². The molecule has 0 aliphatic rings. The van der Waals surface area contributed by atoms with Gasteiger partial charge in [0.15, 0.2) is 0 Å². The Morgan fingerprint density at radius 2 is 2.00 bits per heavy atom. The highest BCUT2D eigenvalue weighted by atomic mass is 16.3. The fraction of sp³-hybridized carbons (Fsp3) is 0.500. The summed E-state index contributed by atoms with van der Waals surface area (Å²) < 4.78 is 0. The minimum Gasteiger partial charge on any atom is -0.394 e. The molecule has 10 heavy (non-hydrogen) atoms. The molecular weight excluding hydrogens is 128 g/mol. The lowest BCUT2D eigenvalue weighted by Crippen LogP contribution is -2.21. The predicted molar refractivity (Wildman–Crippen MR) is 41.6 cm³/mol. The van der Waals surface area contributed by atoms with Crippen molar-refractivity contribution in [1.82, 2.24) is 0 Å². The van der Waals surface area contributed by atoms with Crippen molar-refractivity contribution in [3.05, 3.63) is 25.3 Å². The first-order valence-corrected chi connectivity index (χ1v) is 3.28. The maximum Gasteiger partial charge on any atom is 0.0836 e. The first-order chi connectivity index (χ1) is 4.76. The summed E-state index contributed by atoms with van der Waals surface area (Å²) in [6, 6.07) is 0. The number of hydrogen-bond donors (Lipinski definition) is 2. The molecule has 2 nitrogen and oxygen atoms in total. The van der Waals surface area contributed by atoms with Gasteiger partial charge in [-0.1, -0.05) is 12.2 Å². The molecule has 2 unspecified atom stereocenters. The van der Waals surface area contributed by atoms with E-state index in [0.717, 1.165) is 0 Å². The highest BCUT2D eigenvalue weighted by molar-refractivity contribution is 4.89. The maximum absolute atomic E-state index is 9.08. The molecule has 0 aromatic rings. The summed E-state index contributed by atoms with van der Waals surface area (Å²) in [7, 11) is 0. The van der Waals surface area contributed by atoms with Crippen molar-refractivity contribution in [2.75, 3.05) is 6.61 Å². The monoisotopic (exact) mass is 142 g/mol. The van der Waals surface area contributed by atoms with Crippen LogP contribution < -0.4 is 0 Å². The molecule has 0 bridgehead atoms. The number of rotatable bonds is 5. The molecule has 0 amide bonds. The molecule has 0 heterocycles. The van der Waals surface area contributed by atoms with Crippen LogP contribution >= 0.6 is 0 Å². The molecule has 0 aliphatic heterocycles. The van der Waals surface area contributed by atoms with Crippen LogP contribution in [0.1, 0.15) is 6.42 Å². The fourth-order valence-electron chi connectivity index (χ4n) is 0.738. The van der Waals surface area contributed by atoms with Gasteiger partial charge in [0.05, 0.1) is 12.7 Å². The van der Waals surface area contributed by atoms with E-state index in [4.69, 9.17) is 10.2 Å². The van der Waals surface area contributed by atoms with Gasteiger partial charge in [-0.3, -0.25) is 0 Å². The van der Waals surface area contributed by atoms with E-state index in [1.165, 1.54) is 0 Å². The largest absolute Gasteiger partial charge is 0.394 e. The Bertz CT molecular complexity index is 110. The minimum absolute atomic E-state index is 0.0671. The number of aliphatic hydroxyl groups is 2. The Balaban J connectivity index is 3.78. The van der Waals surface area contributed by atoms with Crippen LogP contribution in [0.25, 0.3) is 0 Å². The van der Waals surface area contributed by atoms with E-state index in [9.17, 15) is 0 Å². The zero-order valence-corrected chi connectivity index (χ0v) is 6.03. The molecule has 0 rings (SSSR count). The molecule has 0 spiro atoms. The number of aliphatic hydroxyl groups excluding tert-OH is 2. The summed E-state index contributed by atoms with van der Waals surface area (Å²) >= 11 is 0. The topological polar surface area (TPSA) is 40.5 Å². The second-order valence-electron chi connectivity index (χ2n) is 2.17. The molecule has 0 saturated carbocycles. The highest BCUT2D eigenvalue weighted by Gasteiger charge is 2.11. The van der Waals surface area contributed by atoms with Gasteiger partial charge in [-0.05, 0) is 6.42 Å². The maximum atomic E-state index is 9.08. The van der Waals surface area contributed by atoms with Gasteiger partial charge >= 0.3 is 0 Å². The van der Waals surface area contributed by atoms with Crippen molar-refractivity contribution in [3.63, 3.8) is 0 Å². The van der Waals surface area contributed by atoms with E-state index in [0.29, 0.717) is 6.42 Å². The first kappa shape index (κ1) is 9.40. The van der Waals surface area contributed by atoms with Crippen molar-refractivity contribution < 1.29 is 10.2 Å². The van der Waals surface area contributed by atoms with Crippen LogP contribution in [0.4, 0.5) is 0 Å². The average Bonchev–Trinajstić information content (AvgIpc) is 1.99. The molecule has 2 N–H and O–H groups in total. The summed E-state index contributed by atoms with van der Waals surface area (Å²) in [6.45, 7) is 6.84. The van der Waals surface area contributed by atoms with Crippen molar-refractivity contribution in [2.45, 2.75) is 12.5 Å². The van der Waals surface area contributed by atoms with Crippen LogP contribution in [-0.4, -0.2) is 22.9 Å². The second kappa shape index (κ2) is 5.21. The van der Waals surface area contributed by atoms with E-state index < -0.39 is 6.10 Å². The van der Waals surface area contributed by atoms with Gasteiger partial charge < -0.3 is 10.2 Å². The lowest BCUT2D eigenvalue weighted by atomic mass is 9.99. The van der Waals surface area contributed by atoms with Crippen LogP contribution in [0.15, 0.2) is 25.3 Å². The zero-order valence-electron chi connectivity index (χ0n) is 6.03. The van der Waals surface area contributed by atoms with E-state index in [2.05, 4.69) is 13.2 Å². The van der Waals surface area contributed by atoms with Crippen molar-refractivity contribution in [1.29, 1.82) is 0 Å². The van der Waals surface area contributed by atoms with E-state index in [1.807, 2.05) is 0 Å². The summed E-state index contributed by atoms with van der Waals surface area (Å²) in [4.78, 5) is 0. The van der Waals surface area contributed by atoms with Crippen LogP contribution in [0, 0.1) is 5.92 Å². The second-order valence-corrected chi connectivity index (χ2v) is 2.17. The van der Waals surface area contributed by atoms with Gasteiger partial charge in [0.1, 0.15) is 0 Å².